The molecule has 2 aromatic rings. The second-order valence-corrected chi connectivity index (χ2v) is 5.33. The number of nitrogens with zero attached hydrogens (tertiary/aromatic N) is 1. The Bertz CT molecular complexity index is 528. The molecule has 0 fully saturated rings. The topological polar surface area (TPSA) is 35.8 Å². The Balaban J connectivity index is 2.00. The Hall–Kier alpha value is -1.31. The number of benzene rings is 1. The van der Waals surface area contributed by atoms with Crippen molar-refractivity contribution in [3.63, 3.8) is 0 Å². The number of halogens is 1. The van der Waals surface area contributed by atoms with Crippen LogP contribution in [0.2, 0.25) is 0 Å². The summed E-state index contributed by atoms with van der Waals surface area (Å²) >= 11 is 4.94. The van der Waals surface area contributed by atoms with Gasteiger partial charge in [0.05, 0.1) is 0 Å². The van der Waals surface area contributed by atoms with Crippen molar-refractivity contribution in [3.8, 4) is 6.07 Å². The Morgan fingerprint density at radius 2 is 2.19 bits per heavy atom. The molecule has 1 aromatic carbocycles. The molecule has 0 spiro atoms. The first-order valence-corrected chi connectivity index (χ1v) is 6.37. The molecule has 2 rings (SSSR count). The van der Waals surface area contributed by atoms with E-state index in [1.165, 1.54) is 11.3 Å². The molecule has 0 saturated carbocycles. The summed E-state index contributed by atoms with van der Waals surface area (Å²) in [6, 6.07) is 14.0. The van der Waals surface area contributed by atoms with Gasteiger partial charge >= 0.3 is 0 Å². The van der Waals surface area contributed by atoms with E-state index < -0.39 is 0 Å². The molecule has 4 heteroatoms. The number of nitrogens with one attached hydrogen (secondary N) is 1. The minimum atomic E-state index is 0.753. The summed E-state index contributed by atoms with van der Waals surface area (Å²) in [7, 11) is 0. The normalized spacial score (nSPS) is 9.75. The fourth-order valence-electron chi connectivity index (χ4n) is 1.32. The number of hydrogen-bond acceptors (Lipinski definition) is 3. The Morgan fingerprint density at radius 3 is 2.88 bits per heavy atom. The number of rotatable bonds is 3. The molecule has 2 nitrogen and oxygen atoms in total. The summed E-state index contributed by atoms with van der Waals surface area (Å²) < 4.78 is 1.06. The van der Waals surface area contributed by atoms with Crippen molar-refractivity contribution in [1.82, 2.24) is 0 Å². The van der Waals surface area contributed by atoms with Crippen molar-refractivity contribution in [2.75, 3.05) is 5.32 Å². The smallest absolute Gasteiger partial charge is 0.110 e. The average molecular weight is 293 g/mol. The van der Waals surface area contributed by atoms with Crippen LogP contribution in [0.3, 0.4) is 0 Å². The van der Waals surface area contributed by atoms with Crippen LogP contribution in [0.1, 0.15) is 9.75 Å². The molecule has 0 amide bonds. The lowest BCUT2D eigenvalue weighted by Crippen LogP contribution is -1.96. The molecule has 1 aromatic heterocycles. The molecular weight excluding hydrogens is 284 g/mol. The van der Waals surface area contributed by atoms with Crippen LogP contribution in [-0.4, -0.2) is 0 Å². The lowest BCUT2D eigenvalue weighted by molar-refractivity contribution is 1.19. The van der Waals surface area contributed by atoms with Crippen LogP contribution in [0.5, 0.6) is 0 Å². The second-order valence-electron chi connectivity index (χ2n) is 3.24. The van der Waals surface area contributed by atoms with Gasteiger partial charge in [-0.3, -0.25) is 0 Å². The summed E-state index contributed by atoms with van der Waals surface area (Å²) in [5, 5.41) is 12.0. The molecule has 0 atom stereocenters. The molecule has 0 saturated heterocycles. The lowest BCUT2D eigenvalue weighted by atomic mass is 10.3. The van der Waals surface area contributed by atoms with Gasteiger partial charge in [0.15, 0.2) is 0 Å². The summed E-state index contributed by atoms with van der Waals surface area (Å²) in [4.78, 5) is 1.92. The lowest BCUT2D eigenvalue weighted by Gasteiger charge is -2.04. The van der Waals surface area contributed by atoms with E-state index in [9.17, 15) is 0 Å². The van der Waals surface area contributed by atoms with Gasteiger partial charge in [-0.2, -0.15) is 5.26 Å². The number of thiophene rings is 1. The first kappa shape index (κ1) is 11.2. The second kappa shape index (κ2) is 5.15. The van der Waals surface area contributed by atoms with Gasteiger partial charge < -0.3 is 5.32 Å². The minimum absolute atomic E-state index is 0.753. The molecule has 1 heterocycles. The highest BCUT2D eigenvalue weighted by Gasteiger charge is 1.99. The summed E-state index contributed by atoms with van der Waals surface area (Å²) in [6.45, 7) is 0.753. The van der Waals surface area contributed by atoms with E-state index in [-0.39, 0.29) is 0 Å². The average Bonchev–Trinajstić information content (AvgIpc) is 2.74. The van der Waals surface area contributed by atoms with Gasteiger partial charge in [-0.25, -0.2) is 0 Å². The largest absolute Gasteiger partial charge is 0.380 e. The summed E-state index contributed by atoms with van der Waals surface area (Å²) in [5.41, 5.74) is 1.07. The van der Waals surface area contributed by atoms with Crippen LogP contribution in [0.25, 0.3) is 0 Å². The highest BCUT2D eigenvalue weighted by atomic mass is 79.9. The van der Waals surface area contributed by atoms with E-state index in [0.29, 0.717) is 0 Å². The zero-order valence-electron chi connectivity index (χ0n) is 8.40. The predicted octanol–water partition coefficient (Wildman–Crippen LogP) is 3.99. The van der Waals surface area contributed by atoms with Crippen molar-refractivity contribution in [3.05, 3.63) is 50.6 Å². The van der Waals surface area contributed by atoms with E-state index in [0.717, 1.165) is 26.5 Å². The molecule has 16 heavy (non-hydrogen) atoms. The van der Waals surface area contributed by atoms with Gasteiger partial charge in [0.2, 0.25) is 0 Å². The minimum Gasteiger partial charge on any atom is -0.380 e. The maximum absolute atomic E-state index is 8.71. The van der Waals surface area contributed by atoms with Gasteiger partial charge in [-0.05, 0) is 30.3 Å². The number of anilines is 1. The van der Waals surface area contributed by atoms with Crippen molar-refractivity contribution in [1.29, 1.82) is 5.26 Å². The Kier molecular flexibility index (Phi) is 3.60. The Morgan fingerprint density at radius 1 is 1.31 bits per heavy atom. The third kappa shape index (κ3) is 2.84. The SMILES string of the molecule is N#Cc1ccc(CNc2cccc(Br)c2)s1. The van der Waals surface area contributed by atoms with Crippen molar-refractivity contribution in [2.45, 2.75) is 6.54 Å². The first-order valence-electron chi connectivity index (χ1n) is 4.76. The molecule has 0 radical (unpaired) electrons. The van der Waals surface area contributed by atoms with Gasteiger partial charge in [-0.1, -0.05) is 22.0 Å². The van der Waals surface area contributed by atoms with Crippen LogP contribution in [-0.2, 0) is 6.54 Å². The maximum atomic E-state index is 8.71. The quantitative estimate of drug-likeness (QED) is 0.928. The molecule has 0 aliphatic rings. The third-order valence-corrected chi connectivity index (χ3v) is 3.55. The molecule has 0 unspecified atom stereocenters. The molecule has 0 bridgehead atoms. The molecule has 80 valence electrons. The van der Waals surface area contributed by atoms with Crippen molar-refractivity contribution >= 4 is 33.0 Å². The monoisotopic (exact) mass is 292 g/mol. The van der Waals surface area contributed by atoms with Crippen LogP contribution >= 0.6 is 27.3 Å². The van der Waals surface area contributed by atoms with E-state index in [1.807, 2.05) is 36.4 Å². The van der Waals surface area contributed by atoms with Crippen LogP contribution < -0.4 is 5.32 Å². The van der Waals surface area contributed by atoms with E-state index >= 15 is 0 Å². The zero-order valence-corrected chi connectivity index (χ0v) is 10.8. The van der Waals surface area contributed by atoms with E-state index in [1.54, 1.807) is 0 Å². The maximum Gasteiger partial charge on any atom is 0.110 e. The highest BCUT2D eigenvalue weighted by molar-refractivity contribution is 9.10. The molecule has 0 aliphatic carbocycles. The highest BCUT2D eigenvalue weighted by Crippen LogP contribution is 2.19. The Labute approximate surface area is 107 Å². The van der Waals surface area contributed by atoms with Crippen molar-refractivity contribution in [2.24, 2.45) is 0 Å². The van der Waals surface area contributed by atoms with Gasteiger partial charge in [0, 0.05) is 21.6 Å². The van der Waals surface area contributed by atoms with E-state index in [4.69, 9.17) is 5.26 Å². The zero-order chi connectivity index (χ0) is 11.4. The third-order valence-electron chi connectivity index (χ3n) is 2.06. The standard InChI is InChI=1S/C12H9BrN2S/c13-9-2-1-3-10(6-9)15-8-12-5-4-11(7-14)16-12/h1-6,15H,8H2. The van der Waals surface area contributed by atoms with E-state index in [2.05, 4.69) is 27.3 Å². The van der Waals surface area contributed by atoms with Gasteiger partial charge in [-0.15, -0.1) is 11.3 Å². The van der Waals surface area contributed by atoms with Gasteiger partial charge in [0.25, 0.3) is 0 Å². The summed E-state index contributed by atoms with van der Waals surface area (Å²) in [6.07, 6.45) is 0. The fraction of sp³-hybridized carbons (Fsp3) is 0.0833. The van der Waals surface area contributed by atoms with Gasteiger partial charge in [0.1, 0.15) is 10.9 Å². The predicted molar refractivity (Wildman–Crippen MR) is 70.5 cm³/mol. The number of hydrogen-bond donors (Lipinski definition) is 1. The molecule has 1 N–H and O–H groups in total. The molecule has 0 aliphatic heterocycles. The molecular formula is C12H9BrN2S. The van der Waals surface area contributed by atoms with Crippen LogP contribution in [0.15, 0.2) is 40.9 Å². The van der Waals surface area contributed by atoms with Crippen LogP contribution in [0.4, 0.5) is 5.69 Å². The first-order chi connectivity index (χ1) is 7.78. The van der Waals surface area contributed by atoms with Crippen molar-refractivity contribution < 1.29 is 0 Å². The number of nitriles is 1. The fourth-order valence-corrected chi connectivity index (χ4v) is 2.46. The van der Waals surface area contributed by atoms with Crippen LogP contribution in [0, 0.1) is 11.3 Å². The summed E-state index contributed by atoms with van der Waals surface area (Å²) in [5.74, 6) is 0.